The number of likely N-dealkylation sites (tertiary alicyclic amines) is 1. The summed E-state index contributed by atoms with van der Waals surface area (Å²) in [4.78, 5) is 26.2. The highest BCUT2D eigenvalue weighted by atomic mass is 16.5. The summed E-state index contributed by atoms with van der Waals surface area (Å²) in [5, 5.41) is 4.15. The van der Waals surface area contributed by atoms with E-state index in [1.807, 2.05) is 36.1 Å². The average molecular weight is 464 g/mol. The Bertz CT molecular complexity index is 1170. The molecular weight excluding hydrogens is 434 g/mol. The Morgan fingerprint density at radius 1 is 1.21 bits per heavy atom. The van der Waals surface area contributed by atoms with Crippen molar-refractivity contribution in [2.75, 3.05) is 26.8 Å². The van der Waals surface area contributed by atoms with Gasteiger partial charge < -0.3 is 18.9 Å². The molecule has 2 aromatic heterocycles. The number of piperidine rings is 1. The molecule has 1 amide bonds. The predicted octanol–water partition coefficient (Wildman–Crippen LogP) is 3.72. The fraction of sp³-hybridized carbons (Fsp3) is 0.440. The minimum absolute atomic E-state index is 0.0413. The van der Waals surface area contributed by atoms with Crippen molar-refractivity contribution in [3.8, 4) is 23.0 Å². The summed E-state index contributed by atoms with van der Waals surface area (Å²) in [6.45, 7) is 6.94. The highest BCUT2D eigenvalue weighted by Gasteiger charge is 2.35. The fourth-order valence-electron chi connectivity index (χ4n) is 4.77. The summed E-state index contributed by atoms with van der Waals surface area (Å²) in [7, 11) is 1.59. The molecule has 0 bridgehead atoms. The molecule has 0 N–H and O–H groups in total. The molecule has 0 radical (unpaired) electrons. The Labute approximate surface area is 198 Å². The lowest BCUT2D eigenvalue weighted by Gasteiger charge is -2.39. The third kappa shape index (κ3) is 4.11. The maximum Gasteiger partial charge on any atom is 0.255 e. The molecule has 2 aliphatic heterocycles. The van der Waals surface area contributed by atoms with Crippen molar-refractivity contribution in [2.45, 2.75) is 45.3 Å². The number of methoxy groups -OCH3 is 1. The predicted molar refractivity (Wildman–Crippen MR) is 125 cm³/mol. The number of hydrogen-bond donors (Lipinski definition) is 0. The zero-order valence-corrected chi connectivity index (χ0v) is 19.7. The molecule has 1 saturated heterocycles. The second-order valence-corrected chi connectivity index (χ2v) is 8.64. The molecule has 1 aromatic carbocycles. The average Bonchev–Trinajstić information content (AvgIpc) is 3.50. The Morgan fingerprint density at radius 2 is 2.00 bits per heavy atom. The molecule has 0 aliphatic carbocycles. The van der Waals surface area contributed by atoms with Crippen LogP contribution in [0.4, 0.5) is 0 Å². The molecule has 1 unspecified atom stereocenters. The van der Waals surface area contributed by atoms with E-state index in [1.54, 1.807) is 19.4 Å². The SMILES string of the molecule is CCOc1cnc(-c2noc(C3CCN(C(C)N4Cc5ccccc5C4=O)CC3)n2)cc1OC. The number of pyridine rings is 1. The van der Waals surface area contributed by atoms with Crippen LogP contribution in [-0.4, -0.2) is 63.8 Å². The summed E-state index contributed by atoms with van der Waals surface area (Å²) >= 11 is 0. The first-order valence-corrected chi connectivity index (χ1v) is 11.7. The van der Waals surface area contributed by atoms with Crippen molar-refractivity contribution in [3.63, 3.8) is 0 Å². The minimum Gasteiger partial charge on any atom is -0.493 e. The molecule has 5 rings (SSSR count). The zero-order valence-electron chi connectivity index (χ0n) is 19.7. The van der Waals surface area contributed by atoms with Gasteiger partial charge >= 0.3 is 0 Å². The van der Waals surface area contributed by atoms with Crippen LogP contribution >= 0.6 is 0 Å². The molecule has 2 aliphatic rings. The number of aromatic nitrogens is 3. The van der Waals surface area contributed by atoms with Gasteiger partial charge in [0.2, 0.25) is 11.7 Å². The van der Waals surface area contributed by atoms with Gasteiger partial charge in [-0.05, 0) is 38.3 Å². The zero-order chi connectivity index (χ0) is 23.7. The Kier molecular flexibility index (Phi) is 6.19. The number of carbonyl (C=O) groups is 1. The largest absolute Gasteiger partial charge is 0.493 e. The molecule has 0 saturated carbocycles. The lowest BCUT2D eigenvalue weighted by atomic mass is 9.96. The first kappa shape index (κ1) is 22.3. The number of fused-ring (bicyclic) bond motifs is 1. The molecule has 0 spiro atoms. The van der Waals surface area contributed by atoms with Gasteiger partial charge in [0.05, 0.1) is 26.1 Å². The van der Waals surface area contributed by atoms with Crippen LogP contribution in [0.5, 0.6) is 11.5 Å². The molecule has 9 nitrogen and oxygen atoms in total. The lowest BCUT2D eigenvalue weighted by Crippen LogP contribution is -2.49. The standard InChI is InChI=1S/C25H29N5O4/c1-4-33-22-14-26-20(13-21(22)32-3)23-27-24(34-28-23)17-9-11-29(12-10-17)16(2)30-15-18-7-5-6-8-19(18)25(30)31/h5-8,13-14,16-17H,4,9-12,15H2,1-3H3. The highest BCUT2D eigenvalue weighted by molar-refractivity contribution is 5.98. The van der Waals surface area contributed by atoms with Crippen molar-refractivity contribution < 1.29 is 18.8 Å². The first-order chi connectivity index (χ1) is 16.6. The molecule has 3 aromatic rings. The number of benzene rings is 1. The second-order valence-electron chi connectivity index (χ2n) is 8.64. The van der Waals surface area contributed by atoms with Gasteiger partial charge in [-0.15, -0.1) is 0 Å². The van der Waals surface area contributed by atoms with Crippen molar-refractivity contribution in [3.05, 3.63) is 53.5 Å². The quantitative estimate of drug-likeness (QED) is 0.523. The van der Waals surface area contributed by atoms with E-state index in [1.165, 1.54) is 0 Å². The second kappa shape index (κ2) is 9.42. The Balaban J connectivity index is 1.22. The molecule has 34 heavy (non-hydrogen) atoms. The van der Waals surface area contributed by atoms with E-state index in [0.29, 0.717) is 42.1 Å². The number of nitrogens with zero attached hydrogens (tertiary/aromatic N) is 5. The van der Waals surface area contributed by atoms with Crippen LogP contribution in [0.3, 0.4) is 0 Å². The van der Waals surface area contributed by atoms with Crippen LogP contribution in [0.2, 0.25) is 0 Å². The summed E-state index contributed by atoms with van der Waals surface area (Å²) in [6.07, 6.45) is 3.44. The van der Waals surface area contributed by atoms with E-state index >= 15 is 0 Å². The van der Waals surface area contributed by atoms with Crippen LogP contribution < -0.4 is 9.47 Å². The smallest absolute Gasteiger partial charge is 0.255 e. The summed E-state index contributed by atoms with van der Waals surface area (Å²) in [5.41, 5.74) is 2.50. The molecule has 1 fully saturated rings. The van der Waals surface area contributed by atoms with E-state index in [0.717, 1.165) is 37.1 Å². The van der Waals surface area contributed by atoms with Gasteiger partial charge in [-0.3, -0.25) is 9.69 Å². The monoisotopic (exact) mass is 463 g/mol. The van der Waals surface area contributed by atoms with Crippen LogP contribution in [0, 0.1) is 0 Å². The number of hydrogen-bond acceptors (Lipinski definition) is 8. The van der Waals surface area contributed by atoms with Crippen molar-refractivity contribution >= 4 is 5.91 Å². The van der Waals surface area contributed by atoms with Gasteiger partial charge in [0.1, 0.15) is 5.69 Å². The van der Waals surface area contributed by atoms with Gasteiger partial charge in [-0.25, -0.2) is 4.98 Å². The van der Waals surface area contributed by atoms with Crippen molar-refractivity contribution in [1.82, 2.24) is 24.9 Å². The van der Waals surface area contributed by atoms with Gasteiger partial charge in [-0.1, -0.05) is 23.4 Å². The van der Waals surface area contributed by atoms with E-state index in [9.17, 15) is 4.79 Å². The fourth-order valence-corrected chi connectivity index (χ4v) is 4.77. The number of rotatable bonds is 7. The summed E-state index contributed by atoms with van der Waals surface area (Å²) in [6, 6.07) is 9.62. The van der Waals surface area contributed by atoms with Crippen molar-refractivity contribution in [1.29, 1.82) is 0 Å². The molecular formula is C25H29N5O4. The maximum atomic E-state index is 12.9. The lowest BCUT2D eigenvalue weighted by molar-refractivity contribution is 0.0288. The molecule has 4 heterocycles. The van der Waals surface area contributed by atoms with Crippen LogP contribution in [-0.2, 0) is 6.54 Å². The Hall–Kier alpha value is -3.46. The first-order valence-electron chi connectivity index (χ1n) is 11.7. The van der Waals surface area contributed by atoms with Crippen LogP contribution in [0.15, 0.2) is 41.1 Å². The van der Waals surface area contributed by atoms with E-state index in [-0.39, 0.29) is 18.0 Å². The summed E-state index contributed by atoms with van der Waals surface area (Å²) in [5.74, 6) is 2.53. The van der Waals surface area contributed by atoms with Gasteiger partial charge in [0.15, 0.2) is 11.5 Å². The minimum atomic E-state index is 0.0413. The maximum absolute atomic E-state index is 12.9. The van der Waals surface area contributed by atoms with Crippen molar-refractivity contribution in [2.24, 2.45) is 0 Å². The number of carbonyl (C=O) groups excluding carboxylic acids is 1. The highest BCUT2D eigenvalue weighted by Crippen LogP contribution is 2.33. The molecule has 9 heteroatoms. The number of amides is 1. The third-order valence-corrected chi connectivity index (χ3v) is 6.73. The van der Waals surface area contributed by atoms with E-state index in [4.69, 9.17) is 14.0 Å². The van der Waals surface area contributed by atoms with E-state index in [2.05, 4.69) is 26.9 Å². The van der Waals surface area contributed by atoms with Crippen LogP contribution in [0.1, 0.15) is 54.4 Å². The van der Waals surface area contributed by atoms with Gasteiger partial charge in [0.25, 0.3) is 5.91 Å². The van der Waals surface area contributed by atoms with Gasteiger partial charge in [0, 0.05) is 37.2 Å². The normalized spacial score (nSPS) is 17.6. The number of ether oxygens (including phenoxy) is 2. The molecule has 178 valence electrons. The molecule has 1 atom stereocenters. The van der Waals surface area contributed by atoms with E-state index < -0.39 is 0 Å². The Morgan fingerprint density at radius 3 is 2.74 bits per heavy atom. The topological polar surface area (TPSA) is 93.8 Å². The summed E-state index contributed by atoms with van der Waals surface area (Å²) < 4.78 is 16.5. The van der Waals surface area contributed by atoms with Gasteiger partial charge in [-0.2, -0.15) is 4.98 Å². The third-order valence-electron chi connectivity index (χ3n) is 6.73. The van der Waals surface area contributed by atoms with Crippen LogP contribution in [0.25, 0.3) is 11.5 Å².